The Kier molecular flexibility index (Phi) is 7.31. The highest BCUT2D eigenvalue weighted by Crippen LogP contribution is 2.36. The summed E-state index contributed by atoms with van der Waals surface area (Å²) < 4.78 is 54.1. The van der Waals surface area contributed by atoms with Gasteiger partial charge in [0.25, 0.3) is 5.56 Å². The molecule has 8 heteroatoms. The Hall–Kier alpha value is -4.51. The summed E-state index contributed by atoms with van der Waals surface area (Å²) in [5.74, 6) is 1.64. The number of rotatable bonds is 6. The van der Waals surface area contributed by atoms with Crippen LogP contribution in [0.1, 0.15) is 33.4 Å². The molecule has 0 saturated heterocycles. The first-order chi connectivity index (χ1) is 18.0. The van der Waals surface area contributed by atoms with Crippen molar-refractivity contribution in [3.63, 3.8) is 0 Å². The van der Waals surface area contributed by atoms with E-state index in [1.54, 1.807) is 56.5 Å². The third-order valence-electron chi connectivity index (χ3n) is 6.28. The van der Waals surface area contributed by atoms with Crippen molar-refractivity contribution in [2.45, 2.75) is 33.5 Å². The van der Waals surface area contributed by atoms with E-state index >= 15 is 0 Å². The molecule has 5 nitrogen and oxygen atoms in total. The summed E-state index contributed by atoms with van der Waals surface area (Å²) in [6.07, 6.45) is -4.87. The number of aryl methyl sites for hydroxylation is 3. The fourth-order valence-electron chi connectivity index (χ4n) is 4.28. The van der Waals surface area contributed by atoms with E-state index in [9.17, 15) is 23.2 Å². The Morgan fingerprint density at radius 1 is 0.921 bits per heavy atom. The Bertz CT molecular complexity index is 1620. The highest BCUT2D eigenvalue weighted by molar-refractivity contribution is 5.65. The number of aromatic nitrogens is 1. The highest BCUT2D eigenvalue weighted by atomic mass is 19.4. The molecule has 0 atom stereocenters. The summed E-state index contributed by atoms with van der Waals surface area (Å²) in [6, 6.07) is 19.9. The van der Waals surface area contributed by atoms with Gasteiger partial charge in [-0.05, 0) is 79.4 Å². The molecule has 0 amide bonds. The normalized spacial score (nSPS) is 11.2. The van der Waals surface area contributed by atoms with Gasteiger partial charge in [0.15, 0.2) is 0 Å². The molecule has 1 heterocycles. The number of pyridine rings is 1. The summed E-state index contributed by atoms with van der Waals surface area (Å²) in [5, 5.41) is 9.47. The molecule has 0 fully saturated rings. The molecule has 4 rings (SSSR count). The van der Waals surface area contributed by atoms with E-state index in [-0.39, 0.29) is 12.2 Å². The van der Waals surface area contributed by atoms with Crippen molar-refractivity contribution in [1.29, 1.82) is 5.26 Å². The number of hydrogen-bond donors (Lipinski definition) is 0. The van der Waals surface area contributed by atoms with Gasteiger partial charge in [-0.15, -0.1) is 0 Å². The van der Waals surface area contributed by atoms with Crippen LogP contribution in [0.15, 0.2) is 71.5 Å². The van der Waals surface area contributed by atoms with Crippen LogP contribution in [0.5, 0.6) is 17.2 Å². The van der Waals surface area contributed by atoms with Crippen molar-refractivity contribution in [1.82, 2.24) is 4.57 Å². The number of methoxy groups -OCH3 is 1. The Labute approximate surface area is 218 Å². The highest BCUT2D eigenvalue weighted by Gasteiger charge is 2.36. The van der Waals surface area contributed by atoms with Gasteiger partial charge in [-0.1, -0.05) is 29.8 Å². The monoisotopic (exact) mass is 518 g/mol. The van der Waals surface area contributed by atoms with E-state index < -0.39 is 22.9 Å². The predicted molar refractivity (Wildman–Crippen MR) is 139 cm³/mol. The van der Waals surface area contributed by atoms with Crippen LogP contribution in [0.3, 0.4) is 0 Å². The van der Waals surface area contributed by atoms with E-state index in [0.717, 1.165) is 22.8 Å². The van der Waals surface area contributed by atoms with E-state index in [4.69, 9.17) is 9.47 Å². The van der Waals surface area contributed by atoms with Gasteiger partial charge >= 0.3 is 6.18 Å². The van der Waals surface area contributed by atoms with Gasteiger partial charge in [0.1, 0.15) is 28.9 Å². The van der Waals surface area contributed by atoms with Crippen molar-refractivity contribution >= 4 is 0 Å². The predicted octanol–water partition coefficient (Wildman–Crippen LogP) is 7.18. The maximum absolute atomic E-state index is 13.9. The van der Waals surface area contributed by atoms with Crippen LogP contribution in [0.2, 0.25) is 0 Å². The van der Waals surface area contributed by atoms with Crippen LogP contribution >= 0.6 is 0 Å². The first kappa shape index (κ1) is 26.6. The number of alkyl halides is 3. The zero-order chi connectivity index (χ0) is 27.6. The van der Waals surface area contributed by atoms with E-state index in [1.807, 2.05) is 32.0 Å². The van der Waals surface area contributed by atoms with Crippen LogP contribution in [0.4, 0.5) is 13.2 Å². The fourth-order valence-corrected chi connectivity index (χ4v) is 4.28. The SMILES string of the molecule is COc1cccc(Oc2ccc(-c3cc(C(F)(F)F)c(C#N)c(=O)n3Cc3ccc(C)cc3C)cc2C)c1. The molecule has 0 spiro atoms. The van der Waals surface area contributed by atoms with Crippen LogP contribution in [0.25, 0.3) is 11.3 Å². The van der Waals surface area contributed by atoms with Crippen molar-refractivity contribution in [3.8, 4) is 34.6 Å². The van der Waals surface area contributed by atoms with Gasteiger partial charge < -0.3 is 14.0 Å². The van der Waals surface area contributed by atoms with Crippen LogP contribution < -0.4 is 15.0 Å². The largest absolute Gasteiger partial charge is 0.497 e. The molecule has 0 N–H and O–H groups in total. The van der Waals surface area contributed by atoms with Crippen LogP contribution in [-0.2, 0) is 12.7 Å². The average molecular weight is 519 g/mol. The van der Waals surface area contributed by atoms with Gasteiger partial charge in [-0.3, -0.25) is 4.79 Å². The van der Waals surface area contributed by atoms with Gasteiger partial charge in [0.2, 0.25) is 0 Å². The lowest BCUT2D eigenvalue weighted by Gasteiger charge is -2.19. The molecule has 0 aliphatic heterocycles. The summed E-state index contributed by atoms with van der Waals surface area (Å²) in [6.45, 7) is 5.57. The lowest BCUT2D eigenvalue weighted by atomic mass is 10.0. The van der Waals surface area contributed by atoms with Crippen molar-refractivity contribution in [2.24, 2.45) is 0 Å². The Morgan fingerprint density at radius 2 is 1.66 bits per heavy atom. The van der Waals surface area contributed by atoms with Crippen LogP contribution in [-0.4, -0.2) is 11.7 Å². The van der Waals surface area contributed by atoms with E-state index in [0.29, 0.717) is 28.4 Å². The van der Waals surface area contributed by atoms with Gasteiger partial charge in [-0.25, -0.2) is 0 Å². The maximum atomic E-state index is 13.9. The minimum Gasteiger partial charge on any atom is -0.497 e. The molecule has 194 valence electrons. The summed E-state index contributed by atoms with van der Waals surface area (Å²) in [7, 11) is 1.55. The van der Waals surface area contributed by atoms with Gasteiger partial charge in [0, 0.05) is 6.07 Å². The fraction of sp³-hybridized carbons (Fsp3) is 0.200. The molecule has 1 aromatic heterocycles. The second-order valence-corrected chi connectivity index (χ2v) is 9.01. The summed E-state index contributed by atoms with van der Waals surface area (Å²) >= 11 is 0. The first-order valence-corrected chi connectivity index (χ1v) is 11.8. The minimum atomic E-state index is -4.87. The van der Waals surface area contributed by atoms with Gasteiger partial charge in [0.05, 0.1) is 24.9 Å². The average Bonchev–Trinajstić information content (AvgIpc) is 2.87. The molecule has 38 heavy (non-hydrogen) atoms. The summed E-state index contributed by atoms with van der Waals surface area (Å²) in [5.41, 5.74) is 0.574. The zero-order valence-electron chi connectivity index (χ0n) is 21.3. The number of halogens is 3. The molecular weight excluding hydrogens is 493 g/mol. The standard InChI is InChI=1S/C30H25F3N2O3/c1-18-8-9-22(19(2)12-18)17-35-27(15-26(30(31,32)33)25(16-34)29(35)36)21-10-11-28(20(3)13-21)38-24-7-5-6-23(14-24)37-4/h5-15H,17H2,1-4H3. The quantitative estimate of drug-likeness (QED) is 0.271. The number of nitriles is 1. The second kappa shape index (κ2) is 10.5. The number of benzene rings is 3. The van der Waals surface area contributed by atoms with Crippen molar-refractivity contribution in [3.05, 3.63) is 110 Å². The molecular formula is C30H25F3N2O3. The zero-order valence-corrected chi connectivity index (χ0v) is 21.3. The lowest BCUT2D eigenvalue weighted by Crippen LogP contribution is -2.29. The lowest BCUT2D eigenvalue weighted by molar-refractivity contribution is -0.137. The smallest absolute Gasteiger partial charge is 0.417 e. The van der Waals surface area contributed by atoms with Gasteiger partial charge in [-0.2, -0.15) is 18.4 Å². The first-order valence-electron chi connectivity index (χ1n) is 11.8. The minimum absolute atomic E-state index is 0.00814. The molecule has 0 radical (unpaired) electrons. The third kappa shape index (κ3) is 5.42. The molecule has 4 aromatic rings. The number of nitrogens with zero attached hydrogens (tertiary/aromatic N) is 2. The molecule has 0 aliphatic carbocycles. The number of hydrogen-bond acceptors (Lipinski definition) is 4. The molecule has 3 aromatic carbocycles. The van der Waals surface area contributed by atoms with Crippen molar-refractivity contribution < 1.29 is 22.6 Å². The molecule has 0 bridgehead atoms. The van der Waals surface area contributed by atoms with Crippen molar-refractivity contribution in [2.75, 3.05) is 7.11 Å². The molecule has 0 saturated carbocycles. The van der Waals surface area contributed by atoms with E-state index in [2.05, 4.69) is 0 Å². The van der Waals surface area contributed by atoms with E-state index in [1.165, 1.54) is 10.6 Å². The second-order valence-electron chi connectivity index (χ2n) is 9.01. The maximum Gasteiger partial charge on any atom is 0.417 e. The molecule has 0 unspecified atom stereocenters. The van der Waals surface area contributed by atoms with Crippen LogP contribution in [0, 0.1) is 32.1 Å². The third-order valence-corrected chi connectivity index (χ3v) is 6.28. The topological polar surface area (TPSA) is 64.2 Å². The molecule has 0 aliphatic rings. The Balaban J connectivity index is 1.86. The number of ether oxygens (including phenoxy) is 2. The summed E-state index contributed by atoms with van der Waals surface area (Å²) in [4.78, 5) is 13.3. The Morgan fingerprint density at radius 3 is 2.29 bits per heavy atom.